The standard InChI is InChI=1S/C22H24F2N2O3S/c1-4-8-22(9-10-22)30(27,28)26-21-19(13-16(23)14-20(21)29-11-5-2)25-18-7-6-15(3)12-17(18)24/h4-7,12-14,25-26H,1-2,8-11H2,3H3. The van der Waals surface area contributed by atoms with Crippen LogP contribution in [0.4, 0.5) is 25.8 Å². The van der Waals surface area contributed by atoms with Crippen LogP contribution in [-0.2, 0) is 10.0 Å². The number of ether oxygens (including phenoxy) is 1. The first-order valence-corrected chi connectivity index (χ1v) is 10.9. The third-order valence-corrected chi connectivity index (χ3v) is 7.14. The Labute approximate surface area is 175 Å². The van der Waals surface area contributed by atoms with Gasteiger partial charge in [-0.15, -0.1) is 6.58 Å². The summed E-state index contributed by atoms with van der Waals surface area (Å²) in [5.74, 6) is -1.24. The van der Waals surface area contributed by atoms with E-state index >= 15 is 0 Å². The Kier molecular flexibility index (Phi) is 6.17. The Morgan fingerprint density at radius 1 is 1.13 bits per heavy atom. The van der Waals surface area contributed by atoms with Gasteiger partial charge in [0.05, 0.1) is 16.1 Å². The van der Waals surface area contributed by atoms with Crippen LogP contribution < -0.4 is 14.8 Å². The number of aryl methyl sites for hydroxylation is 1. The van der Waals surface area contributed by atoms with Crippen molar-refractivity contribution in [2.45, 2.75) is 30.9 Å². The molecule has 0 bridgehead atoms. The molecule has 1 aliphatic carbocycles. The van der Waals surface area contributed by atoms with Crippen LogP contribution >= 0.6 is 0 Å². The molecule has 0 aromatic heterocycles. The van der Waals surface area contributed by atoms with E-state index < -0.39 is 26.4 Å². The van der Waals surface area contributed by atoms with E-state index in [1.54, 1.807) is 19.1 Å². The van der Waals surface area contributed by atoms with E-state index in [1.807, 2.05) is 0 Å². The van der Waals surface area contributed by atoms with Gasteiger partial charge in [-0.2, -0.15) is 0 Å². The second-order valence-electron chi connectivity index (χ2n) is 7.32. The van der Waals surface area contributed by atoms with Crippen LogP contribution in [0.15, 0.2) is 55.6 Å². The molecule has 1 fully saturated rings. The zero-order valence-electron chi connectivity index (χ0n) is 16.7. The summed E-state index contributed by atoms with van der Waals surface area (Å²) in [7, 11) is -3.84. The van der Waals surface area contributed by atoms with Crippen LogP contribution in [0.2, 0.25) is 0 Å². The summed E-state index contributed by atoms with van der Waals surface area (Å²) in [5, 5.41) is 2.78. The van der Waals surface area contributed by atoms with Crippen molar-refractivity contribution in [2.24, 2.45) is 0 Å². The van der Waals surface area contributed by atoms with Crippen LogP contribution in [0.5, 0.6) is 5.75 Å². The van der Waals surface area contributed by atoms with Gasteiger partial charge in [0, 0.05) is 6.07 Å². The van der Waals surface area contributed by atoms with Gasteiger partial charge < -0.3 is 10.1 Å². The third kappa shape index (κ3) is 4.48. The number of hydrogen-bond donors (Lipinski definition) is 2. The van der Waals surface area contributed by atoms with Crippen LogP contribution in [0.3, 0.4) is 0 Å². The Balaban J connectivity index is 2.06. The third-order valence-electron chi connectivity index (χ3n) is 4.95. The quantitative estimate of drug-likeness (QED) is 0.489. The molecule has 0 radical (unpaired) electrons. The van der Waals surface area contributed by atoms with E-state index in [4.69, 9.17) is 4.74 Å². The fraction of sp³-hybridized carbons (Fsp3) is 0.273. The minimum atomic E-state index is -3.84. The first kappa shape index (κ1) is 21.8. The summed E-state index contributed by atoms with van der Waals surface area (Å²) in [4.78, 5) is 0. The summed E-state index contributed by atoms with van der Waals surface area (Å²) in [6.45, 7) is 8.96. The van der Waals surface area contributed by atoms with E-state index in [0.29, 0.717) is 24.8 Å². The van der Waals surface area contributed by atoms with Crippen molar-refractivity contribution in [3.05, 3.63) is 72.8 Å². The molecule has 5 nitrogen and oxygen atoms in total. The molecule has 8 heteroatoms. The topological polar surface area (TPSA) is 67.4 Å². The molecule has 0 saturated heterocycles. The average molecular weight is 435 g/mol. The lowest BCUT2D eigenvalue weighted by atomic mass is 10.2. The van der Waals surface area contributed by atoms with Crippen molar-refractivity contribution in [1.82, 2.24) is 0 Å². The van der Waals surface area contributed by atoms with Gasteiger partial charge in [0.15, 0.2) is 0 Å². The minimum Gasteiger partial charge on any atom is -0.487 e. The van der Waals surface area contributed by atoms with Crippen molar-refractivity contribution in [2.75, 3.05) is 16.6 Å². The van der Waals surface area contributed by atoms with Crippen LogP contribution in [0.25, 0.3) is 0 Å². The number of hydrogen-bond acceptors (Lipinski definition) is 4. The molecule has 0 unspecified atom stereocenters. The first-order valence-electron chi connectivity index (χ1n) is 9.45. The molecule has 0 spiro atoms. The zero-order valence-corrected chi connectivity index (χ0v) is 17.5. The Bertz CT molecular complexity index is 1080. The lowest BCUT2D eigenvalue weighted by Crippen LogP contribution is -2.29. The van der Waals surface area contributed by atoms with Crippen LogP contribution in [0.1, 0.15) is 24.8 Å². The largest absolute Gasteiger partial charge is 0.487 e. The number of allylic oxidation sites excluding steroid dienone is 1. The number of sulfonamides is 1. The molecular weight excluding hydrogens is 410 g/mol. The molecular formula is C22H24F2N2O3S. The fourth-order valence-corrected chi connectivity index (χ4v) is 4.82. The van der Waals surface area contributed by atoms with E-state index in [0.717, 1.165) is 12.1 Å². The summed E-state index contributed by atoms with van der Waals surface area (Å²) < 4.78 is 61.9. The summed E-state index contributed by atoms with van der Waals surface area (Å²) in [6.07, 6.45) is 4.30. The van der Waals surface area contributed by atoms with E-state index in [2.05, 4.69) is 23.2 Å². The lowest BCUT2D eigenvalue weighted by molar-refractivity contribution is 0.363. The van der Waals surface area contributed by atoms with Gasteiger partial charge in [-0.05, 0) is 49.9 Å². The Morgan fingerprint density at radius 3 is 2.47 bits per heavy atom. The summed E-state index contributed by atoms with van der Waals surface area (Å²) in [5.41, 5.74) is 0.838. The molecule has 2 N–H and O–H groups in total. The Hall–Kier alpha value is -2.87. The maximum atomic E-state index is 14.4. The molecule has 1 saturated carbocycles. The monoisotopic (exact) mass is 434 g/mol. The average Bonchev–Trinajstić information content (AvgIpc) is 3.46. The van der Waals surface area contributed by atoms with E-state index in [-0.39, 0.29) is 29.4 Å². The molecule has 0 aliphatic heterocycles. The highest BCUT2D eigenvalue weighted by Crippen LogP contribution is 2.49. The van der Waals surface area contributed by atoms with Gasteiger partial charge in [-0.3, -0.25) is 4.72 Å². The summed E-state index contributed by atoms with van der Waals surface area (Å²) in [6, 6.07) is 6.67. The van der Waals surface area contributed by atoms with Crippen LogP contribution in [0, 0.1) is 18.6 Å². The van der Waals surface area contributed by atoms with Gasteiger partial charge in [0.2, 0.25) is 10.0 Å². The molecule has 3 rings (SSSR count). The second kappa shape index (κ2) is 8.47. The number of halogens is 2. The highest BCUT2D eigenvalue weighted by atomic mass is 32.2. The second-order valence-corrected chi connectivity index (χ2v) is 9.39. The predicted octanol–water partition coefficient (Wildman–Crippen LogP) is 5.43. The zero-order chi connectivity index (χ0) is 21.9. The fourth-order valence-electron chi connectivity index (χ4n) is 3.14. The van der Waals surface area contributed by atoms with Crippen molar-refractivity contribution < 1.29 is 21.9 Å². The highest BCUT2D eigenvalue weighted by Gasteiger charge is 2.53. The van der Waals surface area contributed by atoms with Crippen molar-refractivity contribution >= 4 is 27.1 Å². The maximum Gasteiger partial charge on any atom is 0.238 e. The Morgan fingerprint density at radius 2 is 1.87 bits per heavy atom. The van der Waals surface area contributed by atoms with Crippen LogP contribution in [-0.4, -0.2) is 19.8 Å². The first-order chi connectivity index (χ1) is 14.2. The predicted molar refractivity (Wildman–Crippen MR) is 116 cm³/mol. The van der Waals surface area contributed by atoms with Gasteiger partial charge in [-0.1, -0.05) is 24.8 Å². The number of benzene rings is 2. The molecule has 0 amide bonds. The molecule has 0 atom stereocenters. The maximum absolute atomic E-state index is 14.4. The van der Waals surface area contributed by atoms with Gasteiger partial charge in [0.1, 0.15) is 29.7 Å². The van der Waals surface area contributed by atoms with Gasteiger partial charge >= 0.3 is 0 Å². The lowest BCUT2D eigenvalue weighted by Gasteiger charge is -2.21. The highest BCUT2D eigenvalue weighted by molar-refractivity contribution is 7.94. The van der Waals surface area contributed by atoms with Gasteiger partial charge in [0.25, 0.3) is 0 Å². The molecule has 160 valence electrons. The SMILES string of the molecule is C=CCOc1cc(F)cc(Nc2ccc(C)cc2F)c1NS(=O)(=O)C1(CC=C)CC1. The minimum absolute atomic E-state index is 0.00793. The van der Waals surface area contributed by atoms with E-state index in [1.165, 1.54) is 18.2 Å². The summed E-state index contributed by atoms with van der Waals surface area (Å²) >= 11 is 0. The number of nitrogens with one attached hydrogen (secondary N) is 2. The van der Waals surface area contributed by atoms with Gasteiger partial charge in [-0.25, -0.2) is 17.2 Å². The van der Waals surface area contributed by atoms with E-state index in [9.17, 15) is 17.2 Å². The van der Waals surface area contributed by atoms with Crippen molar-refractivity contribution in [3.8, 4) is 5.75 Å². The smallest absolute Gasteiger partial charge is 0.238 e. The molecule has 30 heavy (non-hydrogen) atoms. The normalized spacial score (nSPS) is 14.6. The van der Waals surface area contributed by atoms with Crippen molar-refractivity contribution in [1.29, 1.82) is 0 Å². The number of anilines is 3. The molecule has 2 aromatic carbocycles. The van der Waals surface area contributed by atoms with Crippen molar-refractivity contribution in [3.63, 3.8) is 0 Å². The molecule has 2 aromatic rings. The molecule has 0 heterocycles. The molecule has 1 aliphatic rings. The number of rotatable bonds is 10.